The normalized spacial score (nSPS) is 12.5. The molecule has 2 rings (SSSR count). The topological polar surface area (TPSA) is 0 Å². The number of aryl methyl sites for hydroxylation is 2. The lowest BCUT2D eigenvalue weighted by Gasteiger charge is -2.17. The number of benzene rings is 2. The zero-order chi connectivity index (χ0) is 14.2. The van der Waals surface area contributed by atoms with Crippen molar-refractivity contribution in [2.75, 3.05) is 0 Å². The van der Waals surface area contributed by atoms with Crippen molar-refractivity contribution < 1.29 is 0 Å². The van der Waals surface area contributed by atoms with E-state index in [1.165, 1.54) is 16.7 Å². The minimum absolute atomic E-state index is 0.0873. The van der Waals surface area contributed by atoms with Crippen molar-refractivity contribution >= 4 is 59.4 Å². The van der Waals surface area contributed by atoms with E-state index in [0.29, 0.717) is 0 Å². The Hall–Kier alpha value is 0.170. The van der Waals surface area contributed by atoms with Crippen LogP contribution in [-0.2, 0) is 0 Å². The van der Waals surface area contributed by atoms with E-state index >= 15 is 0 Å². The van der Waals surface area contributed by atoms with E-state index in [1.807, 2.05) is 18.2 Å². The van der Waals surface area contributed by atoms with Gasteiger partial charge in [0.1, 0.15) is 0 Å². The minimum atomic E-state index is 0.0873. The lowest BCUT2D eigenvalue weighted by molar-refractivity contribution is 1.13. The summed E-state index contributed by atoms with van der Waals surface area (Å²) >= 11 is 17.2. The van der Waals surface area contributed by atoms with Crippen LogP contribution >= 0.6 is 59.4 Å². The molecule has 0 saturated carbocycles. The molecule has 0 bridgehead atoms. The summed E-state index contributed by atoms with van der Waals surface area (Å²) in [5, 5.41) is 0.754. The van der Waals surface area contributed by atoms with E-state index in [0.717, 1.165) is 19.5 Å². The van der Waals surface area contributed by atoms with Gasteiger partial charge >= 0.3 is 0 Å². The van der Waals surface area contributed by atoms with E-state index in [4.69, 9.17) is 11.6 Å². The van der Waals surface area contributed by atoms with Crippen LogP contribution in [0, 0.1) is 13.8 Å². The monoisotopic (exact) mass is 464 g/mol. The Morgan fingerprint density at radius 3 is 2.32 bits per heavy atom. The quantitative estimate of drug-likeness (QED) is 0.419. The summed E-state index contributed by atoms with van der Waals surface area (Å²) in [5.74, 6) is 0. The maximum atomic E-state index is 6.38. The second-order valence-electron chi connectivity index (χ2n) is 4.46. The predicted octanol–water partition coefficient (Wildman–Crippen LogP) is 6.97. The highest BCUT2D eigenvalue weighted by atomic mass is 79.9. The number of hydrogen-bond donors (Lipinski definition) is 0. The molecule has 0 fully saturated rings. The lowest BCUT2D eigenvalue weighted by atomic mass is 9.98. The summed E-state index contributed by atoms with van der Waals surface area (Å²) in [6, 6.07) is 10.3. The van der Waals surface area contributed by atoms with Gasteiger partial charge in [-0.1, -0.05) is 61.7 Å². The highest BCUT2D eigenvalue weighted by Gasteiger charge is 2.17. The molecule has 1 atom stereocenters. The molecule has 2 aromatic carbocycles. The molecule has 0 heterocycles. The van der Waals surface area contributed by atoms with Crippen molar-refractivity contribution in [2.45, 2.75) is 18.7 Å². The minimum Gasteiger partial charge on any atom is -0.0827 e. The van der Waals surface area contributed by atoms with Gasteiger partial charge < -0.3 is 0 Å². The van der Waals surface area contributed by atoms with Crippen LogP contribution in [0.3, 0.4) is 0 Å². The third-order valence-corrected chi connectivity index (χ3v) is 6.23. The molecule has 0 radical (unpaired) electrons. The van der Waals surface area contributed by atoms with Gasteiger partial charge in [-0.3, -0.25) is 0 Å². The van der Waals surface area contributed by atoms with Gasteiger partial charge in [0.05, 0.1) is 9.85 Å². The Labute approximate surface area is 143 Å². The van der Waals surface area contributed by atoms with Crippen molar-refractivity contribution in [3.63, 3.8) is 0 Å². The Kier molecular flexibility index (Phi) is 5.15. The molecule has 0 N–H and O–H groups in total. The molecule has 0 aliphatic rings. The molecule has 1 unspecified atom stereocenters. The summed E-state index contributed by atoms with van der Waals surface area (Å²) in [7, 11) is 0. The molecule has 0 nitrogen and oxygen atoms in total. The van der Waals surface area contributed by atoms with Crippen LogP contribution in [0.1, 0.15) is 27.1 Å². The highest BCUT2D eigenvalue weighted by molar-refractivity contribution is 9.11. The average molecular weight is 467 g/mol. The third-order valence-electron chi connectivity index (χ3n) is 3.07. The largest absolute Gasteiger partial charge is 0.0827 e. The molecule has 100 valence electrons. The first-order valence-electron chi connectivity index (χ1n) is 5.76. The molecule has 19 heavy (non-hydrogen) atoms. The smallest absolute Gasteiger partial charge is 0.0662 e. The molecule has 0 saturated heterocycles. The van der Waals surface area contributed by atoms with Gasteiger partial charge in [-0.2, -0.15) is 0 Å². The first-order chi connectivity index (χ1) is 8.91. The molecular formula is C15H12Br3Cl. The summed E-state index contributed by atoms with van der Waals surface area (Å²) < 4.78 is 2.05. The molecule has 0 aliphatic carbocycles. The van der Waals surface area contributed by atoms with Crippen LogP contribution in [0.25, 0.3) is 0 Å². The van der Waals surface area contributed by atoms with Crippen LogP contribution in [0.4, 0.5) is 0 Å². The maximum Gasteiger partial charge on any atom is 0.0662 e. The Morgan fingerprint density at radius 1 is 0.947 bits per heavy atom. The van der Waals surface area contributed by atoms with Gasteiger partial charge in [-0.25, -0.2) is 0 Å². The van der Waals surface area contributed by atoms with Crippen LogP contribution in [0.2, 0.25) is 5.02 Å². The Balaban J connectivity index is 2.53. The zero-order valence-corrected chi connectivity index (χ0v) is 16.0. The standard InChI is InChI=1S/C15H12Br3Cl/c1-8-7-13(17)9(2)6-11(8)14(18)10-4-3-5-12(16)15(10)19/h3-7,14H,1-2H3. The first kappa shape index (κ1) is 15.6. The number of alkyl halides is 1. The molecule has 0 aliphatic heterocycles. The van der Waals surface area contributed by atoms with Crippen LogP contribution in [-0.4, -0.2) is 0 Å². The summed E-state index contributed by atoms with van der Waals surface area (Å²) in [5.41, 5.74) is 4.76. The van der Waals surface area contributed by atoms with Crippen molar-refractivity contribution in [3.8, 4) is 0 Å². The summed E-state index contributed by atoms with van der Waals surface area (Å²) in [4.78, 5) is 0.0873. The SMILES string of the molecule is Cc1cc(C(Br)c2cccc(Br)c2Cl)c(C)cc1Br. The van der Waals surface area contributed by atoms with Gasteiger partial charge in [0.25, 0.3) is 0 Å². The van der Waals surface area contributed by atoms with Crippen LogP contribution in [0.5, 0.6) is 0 Å². The van der Waals surface area contributed by atoms with Gasteiger partial charge in [0.2, 0.25) is 0 Å². The first-order valence-corrected chi connectivity index (χ1v) is 8.64. The summed E-state index contributed by atoms with van der Waals surface area (Å²) in [6.45, 7) is 4.20. The van der Waals surface area contributed by atoms with E-state index in [1.54, 1.807) is 0 Å². The molecule has 0 aromatic heterocycles. The molecule has 4 heteroatoms. The second kappa shape index (κ2) is 6.30. The fourth-order valence-corrected chi connectivity index (χ4v) is 4.04. The van der Waals surface area contributed by atoms with E-state index in [2.05, 4.69) is 73.8 Å². The van der Waals surface area contributed by atoms with Crippen LogP contribution in [0.15, 0.2) is 39.3 Å². The van der Waals surface area contributed by atoms with Crippen molar-refractivity contribution in [1.82, 2.24) is 0 Å². The van der Waals surface area contributed by atoms with E-state index in [9.17, 15) is 0 Å². The number of halogens is 4. The van der Waals surface area contributed by atoms with Gasteiger partial charge in [-0.05, 0) is 64.2 Å². The van der Waals surface area contributed by atoms with Gasteiger partial charge in [0, 0.05) is 8.95 Å². The van der Waals surface area contributed by atoms with Gasteiger partial charge in [-0.15, -0.1) is 0 Å². The maximum absolute atomic E-state index is 6.38. The molecule has 0 amide bonds. The second-order valence-corrected chi connectivity index (χ2v) is 7.47. The van der Waals surface area contributed by atoms with Crippen molar-refractivity contribution in [2.24, 2.45) is 0 Å². The number of hydrogen-bond acceptors (Lipinski definition) is 0. The Bertz CT molecular complexity index is 623. The number of rotatable bonds is 2. The fourth-order valence-electron chi connectivity index (χ4n) is 1.96. The molecular weight excluding hydrogens is 455 g/mol. The Morgan fingerprint density at radius 2 is 1.63 bits per heavy atom. The van der Waals surface area contributed by atoms with Crippen LogP contribution < -0.4 is 0 Å². The van der Waals surface area contributed by atoms with Crippen molar-refractivity contribution in [1.29, 1.82) is 0 Å². The average Bonchev–Trinajstić information content (AvgIpc) is 2.36. The zero-order valence-electron chi connectivity index (χ0n) is 10.5. The predicted molar refractivity (Wildman–Crippen MR) is 93.5 cm³/mol. The highest BCUT2D eigenvalue weighted by Crippen LogP contribution is 2.40. The third kappa shape index (κ3) is 3.26. The molecule has 0 spiro atoms. The fraction of sp³-hybridized carbons (Fsp3) is 0.200. The van der Waals surface area contributed by atoms with E-state index < -0.39 is 0 Å². The van der Waals surface area contributed by atoms with Crippen molar-refractivity contribution in [3.05, 3.63) is 66.6 Å². The van der Waals surface area contributed by atoms with E-state index in [-0.39, 0.29) is 4.83 Å². The van der Waals surface area contributed by atoms with Gasteiger partial charge in [0.15, 0.2) is 0 Å². The lowest BCUT2D eigenvalue weighted by Crippen LogP contribution is -1.98. The molecule has 2 aromatic rings. The summed E-state index contributed by atoms with van der Waals surface area (Å²) in [6.07, 6.45) is 0.